The molecule has 3 rings (SSSR count). The van der Waals surface area contributed by atoms with Crippen LogP contribution >= 0.6 is 0 Å². The molecule has 6 nitrogen and oxygen atoms in total. The molecule has 130 valence electrons. The molecule has 1 aromatic carbocycles. The third-order valence-electron chi connectivity index (χ3n) is 4.37. The maximum Gasteiger partial charge on any atom is 0.251 e. The maximum atomic E-state index is 13.9. The highest BCUT2D eigenvalue weighted by molar-refractivity contribution is 5.94. The van der Waals surface area contributed by atoms with Gasteiger partial charge in [-0.1, -0.05) is 6.07 Å². The van der Waals surface area contributed by atoms with Gasteiger partial charge in [0.2, 0.25) is 0 Å². The van der Waals surface area contributed by atoms with Crippen LogP contribution in [0.1, 0.15) is 27.9 Å². The molecule has 1 N–H and O–H groups in total. The first-order valence-corrected chi connectivity index (χ1v) is 8.19. The van der Waals surface area contributed by atoms with E-state index in [0.717, 1.165) is 5.56 Å². The lowest BCUT2D eigenvalue weighted by Gasteiger charge is -2.23. The first kappa shape index (κ1) is 17.1. The summed E-state index contributed by atoms with van der Waals surface area (Å²) >= 11 is 0. The monoisotopic (exact) mass is 341 g/mol. The third-order valence-corrected chi connectivity index (χ3v) is 4.37. The molecule has 1 aromatic heterocycles. The molecule has 1 aliphatic heterocycles. The fourth-order valence-corrected chi connectivity index (χ4v) is 3.16. The number of halogens is 1. The fourth-order valence-electron chi connectivity index (χ4n) is 3.16. The largest absolute Gasteiger partial charge is 0.350 e. The smallest absolute Gasteiger partial charge is 0.251 e. The minimum absolute atomic E-state index is 0.0571. The van der Waals surface area contributed by atoms with Crippen LogP contribution in [-0.4, -0.2) is 45.9 Å². The van der Waals surface area contributed by atoms with E-state index in [1.54, 1.807) is 35.1 Å². The fraction of sp³-hybridized carbons (Fsp3) is 0.389. The number of nitrogens with one attached hydrogen (secondary N) is 1. The number of rotatable bonds is 5. The van der Waals surface area contributed by atoms with Crippen LogP contribution in [0.3, 0.4) is 0 Å². The second-order valence-electron chi connectivity index (χ2n) is 6.34. The van der Waals surface area contributed by atoms with Crippen LogP contribution in [0.4, 0.5) is 4.39 Å². The van der Waals surface area contributed by atoms with Gasteiger partial charge in [0.15, 0.2) is 0 Å². The van der Waals surface area contributed by atoms with Crippen molar-refractivity contribution in [3.05, 3.63) is 53.3 Å². The second kappa shape index (κ2) is 7.45. The lowest BCUT2D eigenvalue weighted by Crippen LogP contribution is -2.39. The summed E-state index contributed by atoms with van der Waals surface area (Å²) in [7, 11) is 1.85. The van der Waals surface area contributed by atoms with Gasteiger partial charge in [-0.05, 0) is 24.6 Å². The number of carbonyl (C=O) groups is 1. The average Bonchev–Trinajstić information content (AvgIpc) is 3.18. The van der Waals surface area contributed by atoms with E-state index in [-0.39, 0.29) is 11.9 Å². The lowest BCUT2D eigenvalue weighted by atomic mass is 10.1. The van der Waals surface area contributed by atoms with Gasteiger partial charge in [-0.2, -0.15) is 10.4 Å². The van der Waals surface area contributed by atoms with Crippen molar-refractivity contribution < 1.29 is 9.18 Å². The second-order valence-corrected chi connectivity index (χ2v) is 6.34. The topological polar surface area (TPSA) is 73.9 Å². The quantitative estimate of drug-likeness (QED) is 0.897. The Morgan fingerprint density at radius 2 is 2.36 bits per heavy atom. The number of aryl methyl sites for hydroxylation is 1. The third kappa shape index (κ3) is 4.22. The Bertz CT molecular complexity index is 797. The maximum absolute atomic E-state index is 13.9. The molecule has 1 aliphatic rings. The molecule has 0 unspecified atom stereocenters. The number of aromatic nitrogens is 2. The van der Waals surface area contributed by atoms with Crippen LogP contribution < -0.4 is 5.32 Å². The molecule has 0 bridgehead atoms. The summed E-state index contributed by atoms with van der Waals surface area (Å²) in [6.45, 7) is 1.34. The van der Waals surface area contributed by atoms with Gasteiger partial charge in [-0.15, -0.1) is 0 Å². The van der Waals surface area contributed by atoms with Crippen molar-refractivity contribution in [3.8, 4) is 6.07 Å². The predicted octanol–water partition coefficient (Wildman–Crippen LogP) is 1.63. The van der Waals surface area contributed by atoms with Crippen molar-refractivity contribution in [2.75, 3.05) is 13.1 Å². The van der Waals surface area contributed by atoms with Crippen LogP contribution in [0.2, 0.25) is 0 Å². The van der Waals surface area contributed by atoms with Crippen molar-refractivity contribution in [2.45, 2.75) is 25.2 Å². The van der Waals surface area contributed by atoms with Crippen molar-refractivity contribution in [2.24, 2.45) is 7.05 Å². The van der Waals surface area contributed by atoms with Gasteiger partial charge in [0.1, 0.15) is 6.17 Å². The van der Waals surface area contributed by atoms with Crippen LogP contribution in [0, 0.1) is 11.3 Å². The Morgan fingerprint density at radius 3 is 3.08 bits per heavy atom. The van der Waals surface area contributed by atoms with Crippen molar-refractivity contribution in [1.82, 2.24) is 20.0 Å². The number of hydrogen-bond acceptors (Lipinski definition) is 4. The molecular weight excluding hydrogens is 321 g/mol. The summed E-state index contributed by atoms with van der Waals surface area (Å²) < 4.78 is 15.6. The summed E-state index contributed by atoms with van der Waals surface area (Å²) in [6.07, 6.45) is 3.20. The molecule has 0 radical (unpaired) electrons. The van der Waals surface area contributed by atoms with E-state index >= 15 is 0 Å². The van der Waals surface area contributed by atoms with Crippen LogP contribution in [-0.2, 0) is 13.6 Å². The van der Waals surface area contributed by atoms with E-state index in [1.807, 2.05) is 24.2 Å². The number of likely N-dealkylation sites (tertiary alicyclic amines) is 1. The van der Waals surface area contributed by atoms with Gasteiger partial charge < -0.3 is 5.32 Å². The highest BCUT2D eigenvalue weighted by Crippen LogP contribution is 2.22. The minimum Gasteiger partial charge on any atom is -0.350 e. The molecule has 0 spiro atoms. The standard InChI is InChI=1S/C18H20FN5O/c1-23-10-14(8-22-23)11-24-12-16(19)6-17(24)9-21-18(25)15-4-2-3-13(5-15)7-20/h2-5,8,10,16-17H,6,9,11-12H2,1H3,(H,21,25)/t16-,17-/m0/s1. The van der Waals surface area contributed by atoms with E-state index in [0.29, 0.717) is 37.2 Å². The van der Waals surface area contributed by atoms with E-state index in [1.165, 1.54) is 0 Å². The number of carbonyl (C=O) groups excluding carboxylic acids is 1. The molecule has 2 aromatic rings. The van der Waals surface area contributed by atoms with Gasteiger partial charge in [-0.25, -0.2) is 4.39 Å². The number of benzene rings is 1. The molecule has 1 fully saturated rings. The highest BCUT2D eigenvalue weighted by atomic mass is 19.1. The van der Waals surface area contributed by atoms with Gasteiger partial charge in [-0.3, -0.25) is 14.4 Å². The van der Waals surface area contributed by atoms with Crippen molar-refractivity contribution >= 4 is 5.91 Å². The average molecular weight is 341 g/mol. The molecule has 2 heterocycles. The number of nitrogens with zero attached hydrogens (tertiary/aromatic N) is 4. The molecular formula is C18H20FN5O. The zero-order valence-corrected chi connectivity index (χ0v) is 14.0. The van der Waals surface area contributed by atoms with Crippen LogP contribution in [0.25, 0.3) is 0 Å². The highest BCUT2D eigenvalue weighted by Gasteiger charge is 2.32. The number of nitriles is 1. The molecule has 0 aliphatic carbocycles. The number of alkyl halides is 1. The molecule has 25 heavy (non-hydrogen) atoms. The first-order chi connectivity index (χ1) is 12.0. The molecule has 0 saturated carbocycles. The summed E-state index contributed by atoms with van der Waals surface area (Å²) in [5.41, 5.74) is 1.90. The first-order valence-electron chi connectivity index (χ1n) is 8.19. The Hall–Kier alpha value is -2.72. The Morgan fingerprint density at radius 1 is 1.52 bits per heavy atom. The van der Waals surface area contributed by atoms with E-state index in [9.17, 15) is 9.18 Å². The summed E-state index contributed by atoms with van der Waals surface area (Å²) in [5.74, 6) is -0.249. The Balaban J connectivity index is 1.60. The van der Waals surface area contributed by atoms with Gasteiger partial charge in [0.25, 0.3) is 5.91 Å². The van der Waals surface area contributed by atoms with Gasteiger partial charge in [0, 0.05) is 50.0 Å². The van der Waals surface area contributed by atoms with Gasteiger partial charge >= 0.3 is 0 Å². The van der Waals surface area contributed by atoms with Gasteiger partial charge in [0.05, 0.1) is 17.8 Å². The van der Waals surface area contributed by atoms with E-state index in [2.05, 4.69) is 10.4 Å². The lowest BCUT2D eigenvalue weighted by molar-refractivity contribution is 0.0940. The summed E-state index contributed by atoms with van der Waals surface area (Å²) in [6, 6.07) is 8.50. The Labute approximate surface area is 145 Å². The molecule has 7 heteroatoms. The predicted molar refractivity (Wildman–Crippen MR) is 90.4 cm³/mol. The summed E-state index contributed by atoms with van der Waals surface area (Å²) in [4.78, 5) is 14.3. The van der Waals surface area contributed by atoms with Crippen molar-refractivity contribution in [3.63, 3.8) is 0 Å². The van der Waals surface area contributed by atoms with Crippen LogP contribution in [0.5, 0.6) is 0 Å². The zero-order chi connectivity index (χ0) is 17.8. The van der Waals surface area contributed by atoms with Crippen LogP contribution in [0.15, 0.2) is 36.7 Å². The van der Waals surface area contributed by atoms with Crippen molar-refractivity contribution in [1.29, 1.82) is 5.26 Å². The molecule has 1 amide bonds. The number of hydrogen-bond donors (Lipinski definition) is 1. The zero-order valence-electron chi connectivity index (χ0n) is 14.0. The van der Waals surface area contributed by atoms with E-state index in [4.69, 9.17) is 5.26 Å². The molecule has 1 saturated heterocycles. The SMILES string of the molecule is Cn1cc(CN2C[C@@H](F)C[C@H]2CNC(=O)c2cccc(C#N)c2)cn1. The minimum atomic E-state index is -0.888. The van der Waals surface area contributed by atoms with E-state index < -0.39 is 6.17 Å². The molecule has 2 atom stereocenters. The Kier molecular flexibility index (Phi) is 5.10. The normalized spacial score (nSPS) is 20.4. The summed E-state index contributed by atoms with van der Waals surface area (Å²) in [5, 5.41) is 15.9. The number of amides is 1.